The summed E-state index contributed by atoms with van der Waals surface area (Å²) in [7, 11) is 0. The van der Waals surface area contributed by atoms with Gasteiger partial charge in [-0.3, -0.25) is 4.98 Å². The molecule has 0 aliphatic carbocycles. The van der Waals surface area contributed by atoms with Crippen LogP contribution in [0.15, 0.2) is 18.5 Å². The average molecular weight is 196 g/mol. The quantitative estimate of drug-likeness (QED) is 0.703. The zero-order chi connectivity index (χ0) is 9.26. The van der Waals surface area contributed by atoms with Crippen molar-refractivity contribution in [1.82, 2.24) is 9.97 Å². The molecule has 2 aromatic heterocycles. The Balaban J connectivity index is 2.44. The Labute approximate surface area is 76.6 Å². The van der Waals surface area contributed by atoms with Crippen molar-refractivity contribution in [2.45, 2.75) is 0 Å². The predicted molar refractivity (Wildman–Crippen MR) is 46.1 cm³/mol. The molecule has 0 unspecified atom stereocenters. The molecule has 6 heteroatoms. The highest BCUT2D eigenvalue weighted by atomic mass is 32.1. The number of carbonyl (C=O) groups is 1. The van der Waals surface area contributed by atoms with Crippen molar-refractivity contribution < 1.29 is 14.6 Å². The maximum absolute atomic E-state index is 10.2. The van der Waals surface area contributed by atoms with Crippen molar-refractivity contribution in [3.05, 3.63) is 18.5 Å². The van der Waals surface area contributed by atoms with Gasteiger partial charge in [0, 0.05) is 18.5 Å². The molecule has 0 aromatic carbocycles. The van der Waals surface area contributed by atoms with E-state index in [0.717, 1.165) is 11.3 Å². The van der Waals surface area contributed by atoms with Crippen LogP contribution in [0, 0.1) is 0 Å². The minimum atomic E-state index is -1.33. The van der Waals surface area contributed by atoms with E-state index in [0.29, 0.717) is 10.3 Å². The fourth-order valence-corrected chi connectivity index (χ4v) is 1.69. The number of fused-ring (bicyclic) bond motifs is 1. The number of thiophene rings is 1. The van der Waals surface area contributed by atoms with Gasteiger partial charge in [-0.05, 0) is 0 Å². The first-order chi connectivity index (χ1) is 6.25. The Kier molecular flexibility index (Phi) is 1.82. The Morgan fingerprint density at radius 3 is 2.92 bits per heavy atom. The summed E-state index contributed by atoms with van der Waals surface area (Å²) in [5.41, 5.74) is 0.642. The first kappa shape index (κ1) is 7.93. The van der Waals surface area contributed by atoms with Crippen molar-refractivity contribution in [2.75, 3.05) is 0 Å². The summed E-state index contributed by atoms with van der Waals surface area (Å²) in [4.78, 5) is 18.8. The smallest absolute Gasteiger partial charge is 0.449 e. The van der Waals surface area contributed by atoms with Gasteiger partial charge in [-0.2, -0.15) is 0 Å². The summed E-state index contributed by atoms with van der Waals surface area (Å²) in [6.07, 6.45) is 1.76. The van der Waals surface area contributed by atoms with Crippen LogP contribution in [0.1, 0.15) is 0 Å². The van der Waals surface area contributed by atoms with Crippen LogP contribution >= 0.6 is 11.3 Å². The molecular weight excluding hydrogens is 192 g/mol. The number of hydrogen-bond acceptors (Lipinski definition) is 5. The van der Waals surface area contributed by atoms with Crippen molar-refractivity contribution in [3.8, 4) is 5.06 Å². The summed E-state index contributed by atoms with van der Waals surface area (Å²) in [6, 6.07) is 1.54. The van der Waals surface area contributed by atoms with Crippen LogP contribution in [-0.2, 0) is 0 Å². The highest BCUT2D eigenvalue weighted by Gasteiger charge is 2.07. The molecule has 0 radical (unpaired) electrons. The van der Waals surface area contributed by atoms with Crippen molar-refractivity contribution in [3.63, 3.8) is 0 Å². The predicted octanol–water partition coefficient (Wildman–Crippen LogP) is 1.75. The number of ether oxygens (including phenoxy) is 1. The van der Waals surface area contributed by atoms with Crippen molar-refractivity contribution >= 4 is 27.8 Å². The van der Waals surface area contributed by atoms with Crippen LogP contribution in [0.25, 0.3) is 10.3 Å². The van der Waals surface area contributed by atoms with E-state index in [1.165, 1.54) is 0 Å². The molecule has 66 valence electrons. The fourth-order valence-electron chi connectivity index (χ4n) is 0.886. The molecule has 0 atom stereocenters. The normalized spacial score (nSPS) is 10.2. The maximum Gasteiger partial charge on any atom is 0.512 e. The van der Waals surface area contributed by atoms with Crippen LogP contribution in [0.5, 0.6) is 5.06 Å². The number of nitrogens with zero attached hydrogens (tertiary/aromatic N) is 2. The third kappa shape index (κ3) is 1.57. The second-order valence-electron chi connectivity index (χ2n) is 2.18. The third-order valence-electron chi connectivity index (χ3n) is 1.33. The van der Waals surface area contributed by atoms with E-state index in [1.54, 1.807) is 18.5 Å². The van der Waals surface area contributed by atoms with E-state index in [2.05, 4.69) is 14.7 Å². The standard InChI is InChI=1S/C7H4N2O3S/c10-7(11)12-5-3-4-6(13-5)9-2-1-8-4/h1-3H,(H,10,11). The van der Waals surface area contributed by atoms with Crippen LogP contribution in [0.3, 0.4) is 0 Å². The molecular formula is C7H4N2O3S. The Bertz CT molecular complexity index is 421. The Morgan fingerprint density at radius 1 is 1.46 bits per heavy atom. The topological polar surface area (TPSA) is 72.3 Å². The summed E-state index contributed by atoms with van der Waals surface area (Å²) >= 11 is 1.15. The summed E-state index contributed by atoms with van der Waals surface area (Å²) in [6.45, 7) is 0. The zero-order valence-electron chi connectivity index (χ0n) is 6.30. The van der Waals surface area contributed by atoms with E-state index in [-0.39, 0.29) is 5.06 Å². The van der Waals surface area contributed by atoms with Gasteiger partial charge in [-0.1, -0.05) is 11.3 Å². The summed E-state index contributed by atoms with van der Waals surface area (Å²) in [5.74, 6) is 0. The molecule has 1 N–H and O–H groups in total. The SMILES string of the molecule is O=C(O)Oc1cc2nccnc2s1. The molecule has 2 rings (SSSR count). The minimum Gasteiger partial charge on any atom is -0.449 e. The van der Waals surface area contributed by atoms with Crippen molar-refractivity contribution in [1.29, 1.82) is 0 Å². The molecule has 0 fully saturated rings. The molecule has 5 nitrogen and oxygen atoms in total. The first-order valence-corrected chi connectivity index (χ1v) is 4.19. The Morgan fingerprint density at radius 2 is 2.23 bits per heavy atom. The highest BCUT2D eigenvalue weighted by molar-refractivity contribution is 7.20. The van der Waals surface area contributed by atoms with Gasteiger partial charge >= 0.3 is 6.16 Å². The van der Waals surface area contributed by atoms with E-state index < -0.39 is 6.16 Å². The van der Waals surface area contributed by atoms with Gasteiger partial charge in [0.1, 0.15) is 10.3 Å². The van der Waals surface area contributed by atoms with Gasteiger partial charge in [-0.15, -0.1) is 0 Å². The second-order valence-corrected chi connectivity index (χ2v) is 3.17. The van der Waals surface area contributed by atoms with E-state index >= 15 is 0 Å². The molecule has 0 amide bonds. The average Bonchev–Trinajstić information content (AvgIpc) is 2.44. The molecule has 0 aliphatic heterocycles. The van der Waals surface area contributed by atoms with Gasteiger partial charge in [0.2, 0.25) is 0 Å². The largest absolute Gasteiger partial charge is 0.512 e. The number of hydrogen-bond donors (Lipinski definition) is 1. The van der Waals surface area contributed by atoms with Crippen molar-refractivity contribution in [2.24, 2.45) is 0 Å². The van der Waals surface area contributed by atoms with Gasteiger partial charge < -0.3 is 9.84 Å². The van der Waals surface area contributed by atoms with Crippen LogP contribution < -0.4 is 4.74 Å². The Hall–Kier alpha value is -1.69. The molecule has 0 aliphatic rings. The molecule has 0 saturated heterocycles. The minimum absolute atomic E-state index is 0.286. The molecule has 2 aromatic rings. The lowest BCUT2D eigenvalue weighted by Gasteiger charge is -1.89. The zero-order valence-corrected chi connectivity index (χ0v) is 7.11. The number of rotatable bonds is 1. The molecule has 0 saturated carbocycles. The molecule has 0 bridgehead atoms. The van der Waals surface area contributed by atoms with E-state index in [9.17, 15) is 4.79 Å². The molecule has 13 heavy (non-hydrogen) atoms. The second kappa shape index (κ2) is 2.98. The van der Waals surface area contributed by atoms with E-state index in [4.69, 9.17) is 5.11 Å². The number of aromatic nitrogens is 2. The summed E-state index contributed by atoms with van der Waals surface area (Å²) in [5, 5.41) is 8.62. The van der Waals surface area contributed by atoms with Gasteiger partial charge in [0.15, 0.2) is 5.06 Å². The van der Waals surface area contributed by atoms with Crippen LogP contribution in [-0.4, -0.2) is 21.2 Å². The lowest BCUT2D eigenvalue weighted by atomic mass is 10.5. The van der Waals surface area contributed by atoms with Gasteiger partial charge in [0.25, 0.3) is 0 Å². The lowest BCUT2D eigenvalue weighted by molar-refractivity contribution is 0.146. The molecule has 0 spiro atoms. The van der Waals surface area contributed by atoms with E-state index in [1.807, 2.05) is 0 Å². The lowest BCUT2D eigenvalue weighted by Crippen LogP contribution is -2.00. The third-order valence-corrected chi connectivity index (χ3v) is 2.24. The highest BCUT2D eigenvalue weighted by Crippen LogP contribution is 2.28. The fraction of sp³-hybridized carbons (Fsp3) is 0. The van der Waals surface area contributed by atoms with Gasteiger partial charge in [-0.25, -0.2) is 9.78 Å². The molecule has 2 heterocycles. The first-order valence-electron chi connectivity index (χ1n) is 3.37. The van der Waals surface area contributed by atoms with Crippen LogP contribution in [0.4, 0.5) is 4.79 Å². The summed E-state index contributed by atoms with van der Waals surface area (Å²) < 4.78 is 4.45. The maximum atomic E-state index is 10.2. The van der Waals surface area contributed by atoms with Crippen LogP contribution in [0.2, 0.25) is 0 Å². The van der Waals surface area contributed by atoms with Gasteiger partial charge in [0.05, 0.1) is 0 Å². The number of carboxylic acid groups (broad SMARTS) is 1. The monoisotopic (exact) mass is 196 g/mol.